The molecule has 5 nitrogen and oxygen atoms in total. The molecule has 1 aliphatic rings. The number of carbonyl (C=O) groups is 1. The Labute approximate surface area is 182 Å². The van der Waals surface area contributed by atoms with Crippen molar-refractivity contribution in [3.8, 4) is 5.69 Å². The second-order valence-corrected chi connectivity index (χ2v) is 8.15. The highest BCUT2D eigenvalue weighted by molar-refractivity contribution is 6.32. The molecule has 1 amide bonds. The van der Waals surface area contributed by atoms with E-state index in [0.717, 1.165) is 24.1 Å². The standard InChI is InChI=1S/C22H22ClF3N4O/c1-14(16-5-4-6-17(13-16)29-10-2-3-11-29)27-18(31)9-12-30-20(15-7-8-15)19(23)21(28-30)22(24,25)26/h2-6,10-11,13-15H,7-9,12H2,1H3,(H,27,31). The molecule has 0 saturated heterocycles. The topological polar surface area (TPSA) is 51.9 Å². The summed E-state index contributed by atoms with van der Waals surface area (Å²) in [7, 11) is 0. The Balaban J connectivity index is 1.41. The summed E-state index contributed by atoms with van der Waals surface area (Å²) < 4.78 is 42.8. The molecule has 31 heavy (non-hydrogen) atoms. The van der Waals surface area contributed by atoms with Crippen molar-refractivity contribution in [3.63, 3.8) is 0 Å². The van der Waals surface area contributed by atoms with Gasteiger partial charge in [0.15, 0.2) is 5.69 Å². The fraction of sp³-hybridized carbons (Fsp3) is 0.364. The van der Waals surface area contributed by atoms with Crippen LogP contribution in [0.15, 0.2) is 48.8 Å². The van der Waals surface area contributed by atoms with E-state index in [9.17, 15) is 18.0 Å². The maximum Gasteiger partial charge on any atom is 0.436 e. The Kier molecular flexibility index (Phi) is 5.83. The van der Waals surface area contributed by atoms with E-state index < -0.39 is 11.9 Å². The number of benzene rings is 1. The number of halogens is 4. The number of carbonyl (C=O) groups excluding carboxylic acids is 1. The number of aryl methyl sites for hydroxylation is 1. The van der Waals surface area contributed by atoms with Gasteiger partial charge in [-0.25, -0.2) is 0 Å². The molecule has 1 N–H and O–H groups in total. The monoisotopic (exact) mass is 450 g/mol. The van der Waals surface area contributed by atoms with Crippen LogP contribution in [-0.4, -0.2) is 20.3 Å². The minimum Gasteiger partial charge on any atom is -0.350 e. The van der Waals surface area contributed by atoms with E-state index in [4.69, 9.17) is 11.6 Å². The minimum absolute atomic E-state index is 0.0106. The van der Waals surface area contributed by atoms with Crippen molar-refractivity contribution in [1.82, 2.24) is 19.7 Å². The molecule has 0 aliphatic heterocycles. The molecular formula is C22H22ClF3N4O. The van der Waals surface area contributed by atoms with Gasteiger partial charge in [0.05, 0.1) is 23.3 Å². The van der Waals surface area contributed by atoms with Crippen LogP contribution >= 0.6 is 11.6 Å². The summed E-state index contributed by atoms with van der Waals surface area (Å²) in [5.41, 5.74) is 1.21. The lowest BCUT2D eigenvalue weighted by molar-refractivity contribution is -0.141. The zero-order valence-corrected chi connectivity index (χ0v) is 17.6. The molecule has 0 radical (unpaired) electrons. The van der Waals surface area contributed by atoms with Crippen LogP contribution in [0.4, 0.5) is 13.2 Å². The molecule has 0 bridgehead atoms. The molecular weight excluding hydrogens is 429 g/mol. The first-order valence-electron chi connectivity index (χ1n) is 10.1. The summed E-state index contributed by atoms with van der Waals surface area (Å²) in [6.07, 6.45) is 0.825. The van der Waals surface area contributed by atoms with E-state index in [1.807, 2.05) is 60.3 Å². The van der Waals surface area contributed by atoms with Crippen LogP contribution in [0.5, 0.6) is 0 Å². The van der Waals surface area contributed by atoms with Crippen molar-refractivity contribution in [2.45, 2.75) is 50.9 Å². The third-order valence-electron chi connectivity index (χ3n) is 5.37. The van der Waals surface area contributed by atoms with Crippen molar-refractivity contribution >= 4 is 17.5 Å². The van der Waals surface area contributed by atoms with E-state index >= 15 is 0 Å². The number of nitrogens with zero attached hydrogens (tertiary/aromatic N) is 3. The smallest absolute Gasteiger partial charge is 0.350 e. The fourth-order valence-electron chi connectivity index (χ4n) is 3.62. The van der Waals surface area contributed by atoms with Gasteiger partial charge in [0.1, 0.15) is 0 Å². The fourth-order valence-corrected chi connectivity index (χ4v) is 4.01. The average molecular weight is 451 g/mol. The molecule has 9 heteroatoms. The zero-order valence-electron chi connectivity index (χ0n) is 16.9. The maximum absolute atomic E-state index is 13.2. The number of hydrogen-bond acceptors (Lipinski definition) is 2. The van der Waals surface area contributed by atoms with Gasteiger partial charge in [-0.3, -0.25) is 9.48 Å². The molecule has 3 aromatic rings. The summed E-state index contributed by atoms with van der Waals surface area (Å²) in [4.78, 5) is 12.5. The van der Waals surface area contributed by atoms with E-state index in [1.165, 1.54) is 4.68 Å². The van der Waals surface area contributed by atoms with Crippen LogP contribution < -0.4 is 5.32 Å². The quantitative estimate of drug-likeness (QED) is 0.517. The third-order valence-corrected chi connectivity index (χ3v) is 5.74. The Morgan fingerprint density at radius 3 is 2.61 bits per heavy atom. The SMILES string of the molecule is CC(NC(=O)CCn1nc(C(F)(F)F)c(Cl)c1C1CC1)c1cccc(-n2cccc2)c1. The van der Waals surface area contributed by atoms with Crippen molar-refractivity contribution in [3.05, 3.63) is 70.8 Å². The molecule has 1 saturated carbocycles. The highest BCUT2D eigenvalue weighted by atomic mass is 35.5. The van der Waals surface area contributed by atoms with Gasteiger partial charge in [0.25, 0.3) is 0 Å². The summed E-state index contributed by atoms with van der Waals surface area (Å²) >= 11 is 5.98. The van der Waals surface area contributed by atoms with Crippen LogP contribution in [-0.2, 0) is 17.5 Å². The molecule has 2 heterocycles. The van der Waals surface area contributed by atoms with Crippen molar-refractivity contribution in [1.29, 1.82) is 0 Å². The first-order chi connectivity index (χ1) is 14.7. The van der Waals surface area contributed by atoms with Crippen LogP contribution in [0.25, 0.3) is 5.69 Å². The Morgan fingerprint density at radius 2 is 1.97 bits per heavy atom. The zero-order chi connectivity index (χ0) is 22.2. The van der Waals surface area contributed by atoms with E-state index in [2.05, 4.69) is 10.4 Å². The van der Waals surface area contributed by atoms with Crippen LogP contribution in [0.2, 0.25) is 5.02 Å². The Hall–Kier alpha value is -2.74. The highest BCUT2D eigenvalue weighted by Crippen LogP contribution is 2.46. The number of aromatic nitrogens is 3. The molecule has 1 unspecified atom stereocenters. The number of alkyl halides is 3. The van der Waals surface area contributed by atoms with Gasteiger partial charge in [0.2, 0.25) is 5.91 Å². The van der Waals surface area contributed by atoms with Crippen molar-refractivity contribution in [2.24, 2.45) is 0 Å². The molecule has 164 valence electrons. The normalized spacial score (nSPS) is 15.1. The first kappa shape index (κ1) is 21.5. The van der Waals surface area contributed by atoms with Crippen LogP contribution in [0.1, 0.15) is 55.1 Å². The number of rotatable bonds is 7. The van der Waals surface area contributed by atoms with Gasteiger partial charge in [-0.05, 0) is 49.6 Å². The summed E-state index contributed by atoms with van der Waals surface area (Å²) in [6.45, 7) is 1.92. The summed E-state index contributed by atoms with van der Waals surface area (Å²) in [5.74, 6) is -0.282. The predicted molar refractivity (Wildman–Crippen MR) is 111 cm³/mol. The third kappa shape index (κ3) is 4.79. The predicted octanol–water partition coefficient (Wildman–Crippen LogP) is 5.49. The molecule has 4 rings (SSSR count). The molecule has 1 atom stereocenters. The van der Waals surface area contributed by atoms with Crippen molar-refractivity contribution < 1.29 is 18.0 Å². The van der Waals surface area contributed by atoms with Gasteiger partial charge in [-0.1, -0.05) is 23.7 Å². The van der Waals surface area contributed by atoms with E-state index in [1.54, 1.807) is 0 Å². The van der Waals surface area contributed by atoms with Gasteiger partial charge < -0.3 is 9.88 Å². The second kappa shape index (κ2) is 8.42. The summed E-state index contributed by atoms with van der Waals surface area (Å²) in [5, 5.41) is 6.24. The van der Waals surface area contributed by atoms with Gasteiger partial charge in [-0.2, -0.15) is 18.3 Å². The molecule has 1 fully saturated rings. The van der Waals surface area contributed by atoms with Crippen LogP contribution in [0.3, 0.4) is 0 Å². The number of nitrogens with one attached hydrogen (secondary N) is 1. The average Bonchev–Trinajstić information content (AvgIpc) is 3.27. The number of hydrogen-bond donors (Lipinski definition) is 1. The molecule has 0 spiro atoms. The molecule has 1 aromatic carbocycles. The summed E-state index contributed by atoms with van der Waals surface area (Å²) in [6, 6.07) is 11.4. The Morgan fingerprint density at radius 1 is 1.26 bits per heavy atom. The second-order valence-electron chi connectivity index (χ2n) is 7.77. The lowest BCUT2D eigenvalue weighted by atomic mass is 10.1. The van der Waals surface area contributed by atoms with Crippen LogP contribution in [0, 0.1) is 0 Å². The van der Waals surface area contributed by atoms with E-state index in [0.29, 0.717) is 5.69 Å². The van der Waals surface area contributed by atoms with Gasteiger partial charge in [0, 0.05) is 30.4 Å². The largest absolute Gasteiger partial charge is 0.436 e. The highest BCUT2D eigenvalue weighted by Gasteiger charge is 2.42. The molecule has 1 aliphatic carbocycles. The maximum atomic E-state index is 13.2. The first-order valence-corrected chi connectivity index (χ1v) is 10.5. The van der Waals surface area contributed by atoms with Gasteiger partial charge >= 0.3 is 6.18 Å². The number of amides is 1. The lowest BCUT2D eigenvalue weighted by Gasteiger charge is -2.16. The van der Waals surface area contributed by atoms with E-state index in [-0.39, 0.29) is 35.9 Å². The lowest BCUT2D eigenvalue weighted by Crippen LogP contribution is -2.28. The molecule has 2 aromatic heterocycles. The van der Waals surface area contributed by atoms with Gasteiger partial charge in [-0.15, -0.1) is 0 Å². The Bertz CT molecular complexity index is 1070. The van der Waals surface area contributed by atoms with Crippen molar-refractivity contribution in [2.75, 3.05) is 0 Å². The minimum atomic E-state index is -4.62.